The van der Waals surface area contributed by atoms with E-state index in [0.717, 1.165) is 18.0 Å². The van der Waals surface area contributed by atoms with Crippen LogP contribution in [0.25, 0.3) is 0 Å². The largest absolute Gasteiger partial charge is 0.398 e. The Morgan fingerprint density at radius 1 is 1.33 bits per heavy atom. The molecule has 0 heterocycles. The van der Waals surface area contributed by atoms with Crippen molar-refractivity contribution in [3.8, 4) is 0 Å². The molecule has 1 saturated carbocycles. The van der Waals surface area contributed by atoms with Gasteiger partial charge in [-0.25, -0.2) is 0 Å². The summed E-state index contributed by atoms with van der Waals surface area (Å²) in [5, 5.41) is 10.3. The highest BCUT2D eigenvalue weighted by molar-refractivity contribution is 5.47. The van der Waals surface area contributed by atoms with Crippen molar-refractivity contribution in [2.75, 3.05) is 18.8 Å². The van der Waals surface area contributed by atoms with Gasteiger partial charge in [-0.15, -0.1) is 0 Å². The first-order valence-electron chi connectivity index (χ1n) is 6.84. The Morgan fingerprint density at radius 3 is 2.56 bits per heavy atom. The van der Waals surface area contributed by atoms with Crippen LogP contribution in [0.15, 0.2) is 24.3 Å². The summed E-state index contributed by atoms with van der Waals surface area (Å²) in [5.74, 6) is 0.840. The van der Waals surface area contributed by atoms with E-state index in [1.807, 2.05) is 24.3 Å². The summed E-state index contributed by atoms with van der Waals surface area (Å²) in [6, 6.07) is 8.05. The monoisotopic (exact) mass is 248 g/mol. The number of nitrogens with two attached hydrogens (primary N) is 1. The lowest BCUT2D eigenvalue weighted by molar-refractivity contribution is 0.0928. The lowest BCUT2D eigenvalue weighted by Gasteiger charge is -2.29. The number of rotatable bonds is 6. The van der Waals surface area contributed by atoms with Gasteiger partial charge in [0.15, 0.2) is 0 Å². The minimum atomic E-state index is -0.493. The second kappa shape index (κ2) is 5.72. The topological polar surface area (TPSA) is 49.5 Å². The van der Waals surface area contributed by atoms with Crippen molar-refractivity contribution in [1.29, 1.82) is 0 Å². The maximum Gasteiger partial charge on any atom is 0.0936 e. The SMILES string of the molecule is CC(C)N(CC1CC1)CC(O)c1ccccc1N. The van der Waals surface area contributed by atoms with Gasteiger partial charge in [0.25, 0.3) is 0 Å². The molecule has 18 heavy (non-hydrogen) atoms. The predicted octanol–water partition coefficient (Wildman–Crippen LogP) is 2.42. The van der Waals surface area contributed by atoms with Gasteiger partial charge in [-0.1, -0.05) is 18.2 Å². The summed E-state index contributed by atoms with van der Waals surface area (Å²) >= 11 is 0. The molecule has 1 atom stereocenters. The van der Waals surface area contributed by atoms with Gasteiger partial charge in [-0.2, -0.15) is 0 Å². The van der Waals surface area contributed by atoms with Crippen LogP contribution in [0.4, 0.5) is 5.69 Å². The van der Waals surface area contributed by atoms with Crippen LogP contribution in [-0.2, 0) is 0 Å². The molecular weight excluding hydrogens is 224 g/mol. The molecule has 1 aromatic rings. The number of hydrogen-bond donors (Lipinski definition) is 2. The van der Waals surface area contributed by atoms with Crippen LogP contribution in [0.3, 0.4) is 0 Å². The highest BCUT2D eigenvalue weighted by atomic mass is 16.3. The maximum absolute atomic E-state index is 10.3. The smallest absolute Gasteiger partial charge is 0.0936 e. The zero-order chi connectivity index (χ0) is 13.1. The Bertz CT molecular complexity index is 388. The number of anilines is 1. The Morgan fingerprint density at radius 2 is 2.00 bits per heavy atom. The van der Waals surface area contributed by atoms with Crippen LogP contribution in [-0.4, -0.2) is 29.1 Å². The van der Waals surface area contributed by atoms with E-state index in [0.29, 0.717) is 18.3 Å². The first kappa shape index (κ1) is 13.4. The zero-order valence-corrected chi connectivity index (χ0v) is 11.3. The summed E-state index contributed by atoms with van der Waals surface area (Å²) < 4.78 is 0. The molecule has 1 aromatic carbocycles. The summed E-state index contributed by atoms with van der Waals surface area (Å²) in [5.41, 5.74) is 7.44. The Labute approximate surface area is 110 Å². The number of aliphatic hydroxyl groups excluding tert-OH is 1. The van der Waals surface area contributed by atoms with Crippen LogP contribution < -0.4 is 5.73 Å². The number of para-hydroxylation sites is 1. The van der Waals surface area contributed by atoms with E-state index in [-0.39, 0.29) is 0 Å². The summed E-state index contributed by atoms with van der Waals surface area (Å²) in [7, 11) is 0. The second-order valence-corrected chi connectivity index (χ2v) is 5.64. The molecule has 3 heteroatoms. The van der Waals surface area contributed by atoms with Gasteiger partial charge in [-0.3, -0.25) is 4.90 Å². The number of benzene rings is 1. The maximum atomic E-state index is 10.3. The molecule has 1 aliphatic rings. The molecule has 3 nitrogen and oxygen atoms in total. The van der Waals surface area contributed by atoms with E-state index in [1.54, 1.807) is 0 Å². The van der Waals surface area contributed by atoms with Gasteiger partial charge in [0, 0.05) is 30.4 Å². The Kier molecular flexibility index (Phi) is 4.25. The summed E-state index contributed by atoms with van der Waals surface area (Å²) in [4.78, 5) is 2.36. The third-order valence-electron chi connectivity index (χ3n) is 3.68. The molecule has 1 unspecified atom stereocenters. The van der Waals surface area contributed by atoms with Crippen LogP contribution in [0.1, 0.15) is 38.4 Å². The second-order valence-electron chi connectivity index (χ2n) is 5.64. The summed E-state index contributed by atoms with van der Waals surface area (Å²) in [6.07, 6.45) is 2.19. The lowest BCUT2D eigenvalue weighted by atomic mass is 10.1. The lowest BCUT2D eigenvalue weighted by Crippen LogP contribution is -2.36. The molecule has 0 spiro atoms. The predicted molar refractivity (Wildman–Crippen MR) is 75.2 cm³/mol. The summed E-state index contributed by atoms with van der Waals surface area (Å²) in [6.45, 7) is 6.14. The minimum absolute atomic E-state index is 0.463. The molecule has 0 saturated heterocycles. The van der Waals surface area contributed by atoms with E-state index < -0.39 is 6.10 Å². The van der Waals surface area contributed by atoms with E-state index in [2.05, 4.69) is 18.7 Å². The Balaban J connectivity index is 1.99. The van der Waals surface area contributed by atoms with Crippen LogP contribution in [0.5, 0.6) is 0 Å². The molecule has 2 rings (SSSR count). The highest BCUT2D eigenvalue weighted by Gasteiger charge is 2.27. The highest BCUT2D eigenvalue weighted by Crippen LogP contribution is 2.31. The molecule has 0 amide bonds. The third-order valence-corrected chi connectivity index (χ3v) is 3.68. The zero-order valence-electron chi connectivity index (χ0n) is 11.3. The van der Waals surface area contributed by atoms with E-state index >= 15 is 0 Å². The standard InChI is InChI=1S/C15H24N2O/c1-11(2)17(9-12-7-8-12)10-15(18)13-5-3-4-6-14(13)16/h3-6,11-12,15,18H,7-10,16H2,1-2H3. The molecule has 1 fully saturated rings. The molecule has 3 N–H and O–H groups in total. The minimum Gasteiger partial charge on any atom is -0.398 e. The fourth-order valence-electron chi connectivity index (χ4n) is 2.26. The van der Waals surface area contributed by atoms with Crippen molar-refractivity contribution in [3.63, 3.8) is 0 Å². The van der Waals surface area contributed by atoms with Crippen molar-refractivity contribution >= 4 is 5.69 Å². The van der Waals surface area contributed by atoms with Gasteiger partial charge in [0.2, 0.25) is 0 Å². The van der Waals surface area contributed by atoms with Crippen LogP contribution >= 0.6 is 0 Å². The van der Waals surface area contributed by atoms with Crippen molar-refractivity contribution in [2.45, 2.75) is 38.8 Å². The molecule has 0 aromatic heterocycles. The van der Waals surface area contributed by atoms with Crippen molar-refractivity contribution in [2.24, 2.45) is 5.92 Å². The average molecular weight is 248 g/mol. The first-order valence-corrected chi connectivity index (χ1v) is 6.84. The first-order chi connectivity index (χ1) is 8.58. The molecule has 0 bridgehead atoms. The van der Waals surface area contributed by atoms with Gasteiger partial charge in [0.1, 0.15) is 0 Å². The average Bonchev–Trinajstić information content (AvgIpc) is 3.12. The van der Waals surface area contributed by atoms with Crippen LogP contribution in [0.2, 0.25) is 0 Å². The number of aliphatic hydroxyl groups is 1. The number of nitrogens with zero attached hydrogens (tertiary/aromatic N) is 1. The molecular formula is C15H24N2O. The van der Waals surface area contributed by atoms with E-state index in [9.17, 15) is 5.11 Å². The quantitative estimate of drug-likeness (QED) is 0.760. The van der Waals surface area contributed by atoms with E-state index in [1.165, 1.54) is 12.8 Å². The molecule has 100 valence electrons. The van der Waals surface area contributed by atoms with Crippen molar-refractivity contribution < 1.29 is 5.11 Å². The van der Waals surface area contributed by atoms with Gasteiger partial charge in [-0.05, 0) is 38.7 Å². The number of hydrogen-bond acceptors (Lipinski definition) is 3. The number of nitrogen functional groups attached to an aromatic ring is 1. The van der Waals surface area contributed by atoms with E-state index in [4.69, 9.17) is 5.73 Å². The fourth-order valence-corrected chi connectivity index (χ4v) is 2.26. The van der Waals surface area contributed by atoms with Crippen molar-refractivity contribution in [1.82, 2.24) is 4.90 Å². The van der Waals surface area contributed by atoms with Crippen molar-refractivity contribution in [3.05, 3.63) is 29.8 Å². The Hall–Kier alpha value is -1.06. The molecule has 0 aliphatic heterocycles. The fraction of sp³-hybridized carbons (Fsp3) is 0.600. The van der Waals surface area contributed by atoms with Gasteiger partial charge in [0.05, 0.1) is 6.10 Å². The molecule has 0 radical (unpaired) electrons. The van der Waals surface area contributed by atoms with Gasteiger partial charge < -0.3 is 10.8 Å². The molecule has 1 aliphatic carbocycles. The van der Waals surface area contributed by atoms with Gasteiger partial charge >= 0.3 is 0 Å². The van der Waals surface area contributed by atoms with Crippen LogP contribution in [0, 0.1) is 5.92 Å². The third kappa shape index (κ3) is 3.47. The normalized spacial score (nSPS) is 17.4.